The van der Waals surface area contributed by atoms with E-state index in [4.69, 9.17) is 11.6 Å². The number of benzene rings is 1. The second-order valence-electron chi connectivity index (χ2n) is 3.82. The molecule has 0 saturated carbocycles. The third-order valence-electron chi connectivity index (χ3n) is 2.75. The highest BCUT2D eigenvalue weighted by Crippen LogP contribution is 2.29. The first-order valence-corrected chi connectivity index (χ1v) is 5.22. The van der Waals surface area contributed by atoms with Crippen LogP contribution in [0, 0.1) is 12.7 Å². The molecule has 76 valence electrons. The van der Waals surface area contributed by atoms with Crippen molar-refractivity contribution in [2.45, 2.75) is 19.3 Å². The third kappa shape index (κ3) is 1.77. The molecule has 1 N–H and O–H groups in total. The molecule has 1 heterocycles. The van der Waals surface area contributed by atoms with E-state index in [0.717, 1.165) is 25.1 Å². The van der Waals surface area contributed by atoms with Crippen molar-refractivity contribution in [3.05, 3.63) is 34.1 Å². The summed E-state index contributed by atoms with van der Waals surface area (Å²) in [5.74, 6) is 0.190. The number of hydrogen-bond donors (Lipinski definition) is 1. The Balaban J connectivity index is 2.40. The topological polar surface area (TPSA) is 12.0 Å². The average molecular weight is 214 g/mol. The van der Waals surface area contributed by atoms with E-state index in [1.165, 1.54) is 0 Å². The summed E-state index contributed by atoms with van der Waals surface area (Å²) >= 11 is 5.91. The predicted octanol–water partition coefficient (Wildman–Crippen LogP) is 2.86. The van der Waals surface area contributed by atoms with Gasteiger partial charge < -0.3 is 5.32 Å². The second-order valence-corrected chi connectivity index (χ2v) is 4.25. The summed E-state index contributed by atoms with van der Waals surface area (Å²) in [6.45, 7) is 3.58. The second kappa shape index (κ2) is 3.87. The van der Waals surface area contributed by atoms with Gasteiger partial charge in [-0.1, -0.05) is 11.6 Å². The maximum atomic E-state index is 13.7. The van der Waals surface area contributed by atoms with Gasteiger partial charge in [-0.15, -0.1) is 0 Å². The van der Waals surface area contributed by atoms with Crippen LogP contribution in [0.3, 0.4) is 0 Å². The molecule has 1 saturated heterocycles. The normalized spacial score (nSPS) is 21.5. The largest absolute Gasteiger partial charge is 0.316 e. The van der Waals surface area contributed by atoms with E-state index in [1.54, 1.807) is 19.1 Å². The summed E-state index contributed by atoms with van der Waals surface area (Å²) in [7, 11) is 0. The van der Waals surface area contributed by atoms with Crippen molar-refractivity contribution in [2.24, 2.45) is 0 Å². The van der Waals surface area contributed by atoms with Gasteiger partial charge in [0, 0.05) is 17.5 Å². The number of rotatable bonds is 1. The monoisotopic (exact) mass is 213 g/mol. The van der Waals surface area contributed by atoms with E-state index in [1.807, 2.05) is 0 Å². The quantitative estimate of drug-likeness (QED) is 0.757. The molecule has 1 aliphatic rings. The van der Waals surface area contributed by atoms with Crippen LogP contribution < -0.4 is 5.32 Å². The fourth-order valence-corrected chi connectivity index (χ4v) is 2.25. The van der Waals surface area contributed by atoms with Crippen LogP contribution in [0.2, 0.25) is 5.02 Å². The number of halogens is 2. The highest BCUT2D eigenvalue weighted by molar-refractivity contribution is 6.30. The average Bonchev–Trinajstić information content (AvgIpc) is 2.63. The highest BCUT2D eigenvalue weighted by atomic mass is 35.5. The van der Waals surface area contributed by atoms with Crippen molar-refractivity contribution in [3.63, 3.8) is 0 Å². The summed E-state index contributed by atoms with van der Waals surface area (Å²) < 4.78 is 13.7. The van der Waals surface area contributed by atoms with E-state index >= 15 is 0 Å². The van der Waals surface area contributed by atoms with E-state index in [9.17, 15) is 4.39 Å². The lowest BCUT2D eigenvalue weighted by atomic mass is 9.96. The molecule has 2 rings (SSSR count). The Bertz CT molecular complexity index is 345. The van der Waals surface area contributed by atoms with Crippen LogP contribution in [-0.2, 0) is 0 Å². The van der Waals surface area contributed by atoms with Crippen molar-refractivity contribution < 1.29 is 4.39 Å². The summed E-state index contributed by atoms with van der Waals surface area (Å²) in [5.41, 5.74) is 1.40. The fraction of sp³-hybridized carbons (Fsp3) is 0.455. The molecule has 1 unspecified atom stereocenters. The molecule has 3 heteroatoms. The van der Waals surface area contributed by atoms with Crippen LogP contribution in [0.25, 0.3) is 0 Å². The Morgan fingerprint density at radius 1 is 1.50 bits per heavy atom. The lowest BCUT2D eigenvalue weighted by Gasteiger charge is -2.12. The molecular weight excluding hydrogens is 201 g/mol. The Morgan fingerprint density at radius 3 is 2.93 bits per heavy atom. The lowest BCUT2D eigenvalue weighted by Crippen LogP contribution is -2.09. The molecule has 1 aromatic rings. The van der Waals surface area contributed by atoms with Gasteiger partial charge in [0.2, 0.25) is 0 Å². The van der Waals surface area contributed by atoms with Crippen LogP contribution in [0.5, 0.6) is 0 Å². The Morgan fingerprint density at radius 2 is 2.29 bits per heavy atom. The summed E-state index contributed by atoms with van der Waals surface area (Å²) in [6, 6.07) is 3.42. The fourth-order valence-electron chi connectivity index (χ4n) is 1.97. The van der Waals surface area contributed by atoms with E-state index in [0.29, 0.717) is 10.6 Å². The van der Waals surface area contributed by atoms with Crippen LogP contribution >= 0.6 is 11.6 Å². The summed E-state index contributed by atoms with van der Waals surface area (Å²) in [4.78, 5) is 0. The van der Waals surface area contributed by atoms with Gasteiger partial charge in [-0.2, -0.15) is 0 Å². The maximum Gasteiger partial charge on any atom is 0.129 e. The molecule has 1 nitrogen and oxygen atoms in total. The van der Waals surface area contributed by atoms with E-state index in [-0.39, 0.29) is 11.7 Å². The maximum absolute atomic E-state index is 13.7. The summed E-state index contributed by atoms with van der Waals surface area (Å²) in [6.07, 6.45) is 0.997. The Hall–Kier alpha value is -0.600. The zero-order valence-electron chi connectivity index (χ0n) is 8.11. The molecule has 0 aromatic heterocycles. The van der Waals surface area contributed by atoms with E-state index < -0.39 is 0 Å². The molecule has 1 atom stereocenters. The number of hydrogen-bond acceptors (Lipinski definition) is 1. The zero-order chi connectivity index (χ0) is 10.1. The van der Waals surface area contributed by atoms with Crippen LogP contribution in [-0.4, -0.2) is 13.1 Å². The molecule has 0 radical (unpaired) electrons. The smallest absolute Gasteiger partial charge is 0.129 e. The first kappa shape index (κ1) is 9.94. The Labute approximate surface area is 88.3 Å². The molecular formula is C11H13ClFN. The molecule has 1 aromatic carbocycles. The van der Waals surface area contributed by atoms with Crippen molar-refractivity contribution in [2.75, 3.05) is 13.1 Å². The van der Waals surface area contributed by atoms with Crippen molar-refractivity contribution in [3.8, 4) is 0 Å². The van der Waals surface area contributed by atoms with Gasteiger partial charge in [0.15, 0.2) is 0 Å². The van der Waals surface area contributed by atoms with Crippen molar-refractivity contribution in [1.82, 2.24) is 5.32 Å². The van der Waals surface area contributed by atoms with Crippen LogP contribution in [0.4, 0.5) is 4.39 Å². The molecule has 1 fully saturated rings. The first-order chi connectivity index (χ1) is 6.68. The van der Waals surface area contributed by atoms with Gasteiger partial charge in [0.25, 0.3) is 0 Å². The van der Waals surface area contributed by atoms with Gasteiger partial charge >= 0.3 is 0 Å². The standard InChI is InChI=1S/C11H13ClFN/c1-7-4-9(12)5-10(11(7)13)8-2-3-14-6-8/h4-5,8,14H,2-3,6H2,1H3. The number of aryl methyl sites for hydroxylation is 1. The molecule has 14 heavy (non-hydrogen) atoms. The molecule has 0 spiro atoms. The SMILES string of the molecule is Cc1cc(Cl)cc(C2CCNC2)c1F. The van der Waals surface area contributed by atoms with Crippen LogP contribution in [0.15, 0.2) is 12.1 Å². The number of nitrogens with one attached hydrogen (secondary N) is 1. The minimum atomic E-state index is -0.0944. The van der Waals surface area contributed by atoms with Gasteiger partial charge in [0.1, 0.15) is 5.82 Å². The van der Waals surface area contributed by atoms with Gasteiger partial charge in [-0.25, -0.2) is 4.39 Å². The molecule has 0 aliphatic carbocycles. The van der Waals surface area contributed by atoms with Crippen molar-refractivity contribution >= 4 is 11.6 Å². The first-order valence-electron chi connectivity index (χ1n) is 4.84. The van der Waals surface area contributed by atoms with Gasteiger partial charge in [-0.3, -0.25) is 0 Å². The predicted molar refractivity (Wildman–Crippen MR) is 56.4 cm³/mol. The lowest BCUT2D eigenvalue weighted by molar-refractivity contribution is 0.580. The van der Waals surface area contributed by atoms with E-state index in [2.05, 4.69) is 5.32 Å². The minimum Gasteiger partial charge on any atom is -0.316 e. The van der Waals surface area contributed by atoms with Crippen LogP contribution in [0.1, 0.15) is 23.5 Å². The van der Waals surface area contributed by atoms with Crippen molar-refractivity contribution in [1.29, 1.82) is 0 Å². The molecule has 1 aliphatic heterocycles. The Kier molecular flexibility index (Phi) is 2.75. The molecule has 0 amide bonds. The molecule has 0 bridgehead atoms. The highest BCUT2D eigenvalue weighted by Gasteiger charge is 2.21. The minimum absolute atomic E-state index is 0.0944. The third-order valence-corrected chi connectivity index (χ3v) is 2.97. The van der Waals surface area contributed by atoms with Gasteiger partial charge in [-0.05, 0) is 43.1 Å². The zero-order valence-corrected chi connectivity index (χ0v) is 8.87. The summed E-state index contributed by atoms with van der Waals surface area (Å²) in [5, 5.41) is 3.86. The van der Waals surface area contributed by atoms with Gasteiger partial charge in [0.05, 0.1) is 0 Å².